The van der Waals surface area contributed by atoms with E-state index < -0.39 is 37.4 Å². The van der Waals surface area contributed by atoms with Crippen molar-refractivity contribution in [2.75, 3.05) is 6.61 Å². The third-order valence-electron chi connectivity index (χ3n) is 3.43. The first-order valence-corrected chi connectivity index (χ1v) is 6.50. The van der Waals surface area contributed by atoms with E-state index in [4.69, 9.17) is 9.84 Å². The van der Waals surface area contributed by atoms with Crippen LogP contribution in [0.5, 0.6) is 0 Å². The fourth-order valence-corrected chi connectivity index (χ4v) is 2.51. The number of aliphatic imine (C=N–C) groups is 1. The zero-order valence-electron chi connectivity index (χ0n) is 10.3. The monoisotopic (exact) mass is 302 g/mol. The summed E-state index contributed by atoms with van der Waals surface area (Å²) in [5, 5.41) is 38.8. The fraction of sp³-hybridized carbons (Fsp3) is 0.600. The summed E-state index contributed by atoms with van der Waals surface area (Å²) in [5.41, 5.74) is 0.320. The molecule has 1 aromatic heterocycles. The molecule has 1 saturated heterocycles. The zero-order chi connectivity index (χ0) is 14.4. The van der Waals surface area contributed by atoms with Crippen LogP contribution in [0.1, 0.15) is 18.1 Å². The first kappa shape index (κ1) is 13.9. The highest BCUT2D eigenvalue weighted by Crippen LogP contribution is 2.38. The number of hydrogen-bond donors (Lipinski definition) is 4. The van der Waals surface area contributed by atoms with Crippen LogP contribution in [0.15, 0.2) is 11.3 Å². The second-order valence-electron chi connectivity index (χ2n) is 4.65. The maximum Gasteiger partial charge on any atom is 0.177 e. The summed E-state index contributed by atoms with van der Waals surface area (Å²) in [6.45, 7) is -0.406. The van der Waals surface area contributed by atoms with E-state index in [2.05, 4.69) is 19.4 Å². The lowest BCUT2D eigenvalue weighted by atomic mass is 10.1. The number of aromatic nitrogens is 2. The van der Waals surface area contributed by atoms with Gasteiger partial charge in [-0.3, -0.25) is 4.57 Å². The van der Waals surface area contributed by atoms with Gasteiger partial charge in [0.1, 0.15) is 24.0 Å². The van der Waals surface area contributed by atoms with Gasteiger partial charge in [-0.2, -0.15) is 0 Å². The Kier molecular flexibility index (Phi) is 3.49. The summed E-state index contributed by atoms with van der Waals surface area (Å²) >= 11 is 0. The van der Waals surface area contributed by atoms with Crippen molar-refractivity contribution in [1.29, 1.82) is 0 Å². The van der Waals surface area contributed by atoms with Crippen LogP contribution in [0.3, 0.4) is 0 Å². The number of fused-ring (bicyclic) bond motifs is 1. The summed E-state index contributed by atoms with van der Waals surface area (Å²) in [6.07, 6.45) is -2.40. The molecule has 0 radical (unpaired) electrons. The molecule has 6 atom stereocenters. The van der Waals surface area contributed by atoms with E-state index in [1.807, 2.05) is 0 Å². The van der Waals surface area contributed by atoms with Gasteiger partial charge in [0.15, 0.2) is 18.3 Å². The Balaban J connectivity index is 1.95. The van der Waals surface area contributed by atoms with Crippen LogP contribution >= 0.6 is 9.39 Å². The maximum absolute atomic E-state index is 9.99. The summed E-state index contributed by atoms with van der Waals surface area (Å²) < 4.78 is 8.23. The second-order valence-corrected chi connectivity index (χ2v) is 5.25. The fourth-order valence-electron chi connectivity index (χ4n) is 2.31. The van der Waals surface area contributed by atoms with E-state index in [1.165, 1.54) is 21.9 Å². The number of ether oxygens (including phenoxy) is 1. The molecule has 10 heteroatoms. The van der Waals surface area contributed by atoms with Gasteiger partial charge >= 0.3 is 0 Å². The smallest absolute Gasteiger partial charge is 0.177 e. The van der Waals surface area contributed by atoms with Crippen molar-refractivity contribution in [3.8, 4) is 0 Å². The average molecular weight is 302 g/mol. The number of imidazole rings is 1. The van der Waals surface area contributed by atoms with Crippen LogP contribution in [-0.4, -0.2) is 65.9 Å². The summed E-state index contributed by atoms with van der Waals surface area (Å²) in [5.74, 6) is 0.339. The third-order valence-corrected chi connectivity index (χ3v) is 3.84. The molecule has 3 heterocycles. The number of aliphatic hydroxyl groups excluding tert-OH is 4. The van der Waals surface area contributed by atoms with E-state index in [1.54, 1.807) is 0 Å². The van der Waals surface area contributed by atoms with Crippen LogP contribution in [0, 0.1) is 0 Å². The van der Waals surface area contributed by atoms with E-state index in [0.717, 1.165) is 0 Å². The van der Waals surface area contributed by atoms with Crippen molar-refractivity contribution in [2.24, 2.45) is 4.99 Å². The lowest BCUT2D eigenvalue weighted by molar-refractivity contribution is -0.0521. The molecule has 20 heavy (non-hydrogen) atoms. The maximum atomic E-state index is 9.99. The molecular weight excluding hydrogens is 287 g/mol. The Labute approximate surface area is 116 Å². The summed E-state index contributed by atoms with van der Waals surface area (Å²) in [4.78, 5) is 8.18. The molecule has 3 rings (SSSR count). The molecule has 0 bridgehead atoms. The molecule has 0 amide bonds. The lowest BCUT2D eigenvalue weighted by Gasteiger charge is -2.24. The Hall–Kier alpha value is -1.09. The van der Waals surface area contributed by atoms with Gasteiger partial charge in [0, 0.05) is 0 Å². The normalized spacial score (nSPS) is 36.5. The van der Waals surface area contributed by atoms with Gasteiger partial charge < -0.3 is 29.8 Å². The molecular formula is C10H15N4O5P. The highest BCUT2D eigenvalue weighted by atomic mass is 31.0. The van der Waals surface area contributed by atoms with Crippen molar-refractivity contribution in [1.82, 2.24) is 14.2 Å². The quantitative estimate of drug-likeness (QED) is 0.478. The number of aliphatic hydroxyl groups is 4. The van der Waals surface area contributed by atoms with Gasteiger partial charge in [-0.15, -0.1) is 0 Å². The van der Waals surface area contributed by atoms with Crippen LogP contribution < -0.4 is 0 Å². The molecule has 9 nitrogen and oxygen atoms in total. The zero-order valence-corrected chi connectivity index (χ0v) is 11.5. The summed E-state index contributed by atoms with van der Waals surface area (Å²) in [7, 11) is 2.29. The van der Waals surface area contributed by atoms with Gasteiger partial charge in [-0.05, 0) is 9.39 Å². The summed E-state index contributed by atoms with van der Waals surface area (Å²) in [6, 6.07) is 0. The molecule has 0 aliphatic carbocycles. The van der Waals surface area contributed by atoms with Crippen molar-refractivity contribution >= 4 is 21.5 Å². The predicted molar refractivity (Wildman–Crippen MR) is 69.9 cm³/mol. The van der Waals surface area contributed by atoms with Crippen molar-refractivity contribution in [3.63, 3.8) is 0 Å². The SMILES string of the molecule is OC[C@H]1O[C@@H](n2cnc3c2N=CN(P)C3O)C(O)C1O. The molecule has 110 valence electrons. The number of hydrogen-bond acceptors (Lipinski definition) is 8. The van der Waals surface area contributed by atoms with E-state index in [0.29, 0.717) is 11.5 Å². The van der Waals surface area contributed by atoms with Crippen LogP contribution in [-0.2, 0) is 4.74 Å². The first-order chi connectivity index (χ1) is 9.54. The van der Waals surface area contributed by atoms with E-state index in [-0.39, 0.29) is 0 Å². The molecule has 2 aliphatic heterocycles. The average Bonchev–Trinajstić information content (AvgIpc) is 2.98. The first-order valence-electron chi connectivity index (χ1n) is 5.99. The topological polar surface area (TPSA) is 124 Å². The van der Waals surface area contributed by atoms with Gasteiger partial charge in [0.2, 0.25) is 0 Å². The molecule has 1 aromatic rings. The van der Waals surface area contributed by atoms with Gasteiger partial charge in [0.25, 0.3) is 0 Å². The molecule has 0 spiro atoms. The standard InChI is InChI=1S/C10H15N4O5P/c15-1-4-6(16)7(17)10(19-4)13-2-11-5-8(13)12-3-14(20)9(5)18/h2-4,6-7,9-10,15-18H,1,20H2/t4-,6?,7?,9?,10-/m1/s1. The molecule has 2 aliphatic rings. The van der Waals surface area contributed by atoms with Gasteiger partial charge in [0.05, 0.1) is 19.3 Å². The van der Waals surface area contributed by atoms with Crippen LogP contribution in [0.25, 0.3) is 0 Å². The van der Waals surface area contributed by atoms with Crippen molar-refractivity contribution in [2.45, 2.75) is 30.8 Å². The molecule has 0 saturated carbocycles. The molecule has 0 aromatic carbocycles. The minimum Gasteiger partial charge on any atom is -0.394 e. The lowest BCUT2D eigenvalue weighted by Crippen LogP contribution is -2.33. The van der Waals surface area contributed by atoms with Crippen LogP contribution in [0.4, 0.5) is 5.82 Å². The van der Waals surface area contributed by atoms with E-state index >= 15 is 0 Å². The number of nitrogens with zero attached hydrogens (tertiary/aromatic N) is 4. The number of rotatable bonds is 2. The molecule has 4 N–H and O–H groups in total. The third kappa shape index (κ3) is 1.95. The Morgan fingerprint density at radius 3 is 2.70 bits per heavy atom. The second kappa shape index (κ2) is 5.03. The van der Waals surface area contributed by atoms with Crippen LogP contribution in [0.2, 0.25) is 0 Å². The largest absolute Gasteiger partial charge is 0.394 e. The van der Waals surface area contributed by atoms with Gasteiger partial charge in [-0.1, -0.05) is 0 Å². The highest BCUT2D eigenvalue weighted by molar-refractivity contribution is 7.14. The minimum atomic E-state index is -1.22. The van der Waals surface area contributed by atoms with E-state index in [9.17, 15) is 15.3 Å². The molecule has 1 fully saturated rings. The van der Waals surface area contributed by atoms with Crippen molar-refractivity contribution < 1.29 is 25.2 Å². The minimum absolute atomic E-state index is 0.320. The highest BCUT2D eigenvalue weighted by Gasteiger charge is 2.44. The Bertz CT molecular complexity index is 538. The Morgan fingerprint density at radius 2 is 2.05 bits per heavy atom. The Morgan fingerprint density at radius 1 is 1.30 bits per heavy atom. The predicted octanol–water partition coefficient (Wildman–Crippen LogP) is -1.75. The van der Waals surface area contributed by atoms with Gasteiger partial charge in [-0.25, -0.2) is 9.98 Å². The molecule has 4 unspecified atom stereocenters. The van der Waals surface area contributed by atoms with Crippen molar-refractivity contribution in [3.05, 3.63) is 12.0 Å².